The topological polar surface area (TPSA) is 12.0 Å². The van der Waals surface area contributed by atoms with Crippen LogP contribution in [0, 0.1) is 12.7 Å². The second-order valence-corrected chi connectivity index (χ2v) is 6.52. The van der Waals surface area contributed by atoms with Crippen LogP contribution >= 0.6 is 27.3 Å². The smallest absolute Gasteiger partial charge is 0.137 e. The van der Waals surface area contributed by atoms with E-state index >= 15 is 0 Å². The van der Waals surface area contributed by atoms with E-state index in [0.29, 0.717) is 4.47 Å². The van der Waals surface area contributed by atoms with Crippen molar-refractivity contribution in [2.75, 3.05) is 6.54 Å². The van der Waals surface area contributed by atoms with Crippen LogP contribution in [-0.2, 0) is 0 Å². The number of benzene rings is 1. The second kappa shape index (κ2) is 6.64. The van der Waals surface area contributed by atoms with Crippen molar-refractivity contribution in [2.24, 2.45) is 0 Å². The highest BCUT2D eigenvalue weighted by Crippen LogP contribution is 2.28. The van der Waals surface area contributed by atoms with Crippen molar-refractivity contribution in [3.63, 3.8) is 0 Å². The molecular formula is C15H17BrFNS. The number of thiophene rings is 1. The Kier molecular flexibility index (Phi) is 5.13. The summed E-state index contributed by atoms with van der Waals surface area (Å²) in [6, 6.07) is 7.56. The molecule has 4 heteroatoms. The Morgan fingerprint density at radius 3 is 2.68 bits per heavy atom. The van der Waals surface area contributed by atoms with Gasteiger partial charge in [-0.05, 0) is 70.5 Å². The standard InChI is InChI=1S/C15H17BrFNS/c1-3-6-18-15(12-7-10(2)19-9-12)11-4-5-13(16)14(17)8-11/h4-5,7-9,15,18H,3,6H2,1-2H3. The zero-order valence-corrected chi connectivity index (χ0v) is 13.4. The van der Waals surface area contributed by atoms with Gasteiger partial charge in [-0.15, -0.1) is 11.3 Å². The van der Waals surface area contributed by atoms with E-state index in [0.717, 1.165) is 18.5 Å². The molecule has 102 valence electrons. The highest BCUT2D eigenvalue weighted by molar-refractivity contribution is 9.10. The monoisotopic (exact) mass is 341 g/mol. The van der Waals surface area contributed by atoms with E-state index in [4.69, 9.17) is 0 Å². The van der Waals surface area contributed by atoms with Gasteiger partial charge in [-0.2, -0.15) is 0 Å². The summed E-state index contributed by atoms with van der Waals surface area (Å²) in [4.78, 5) is 1.27. The van der Waals surface area contributed by atoms with Gasteiger partial charge in [0.15, 0.2) is 0 Å². The summed E-state index contributed by atoms with van der Waals surface area (Å²) in [6.45, 7) is 5.13. The Labute approximate surface area is 126 Å². The predicted octanol–water partition coefficient (Wildman–Crippen LogP) is 5.05. The molecule has 1 aromatic carbocycles. The van der Waals surface area contributed by atoms with Crippen molar-refractivity contribution in [1.82, 2.24) is 5.32 Å². The van der Waals surface area contributed by atoms with Gasteiger partial charge in [0.1, 0.15) is 5.82 Å². The first kappa shape index (κ1) is 14.7. The van der Waals surface area contributed by atoms with Gasteiger partial charge in [-0.25, -0.2) is 4.39 Å². The van der Waals surface area contributed by atoms with Crippen LogP contribution in [0.25, 0.3) is 0 Å². The van der Waals surface area contributed by atoms with E-state index in [9.17, 15) is 4.39 Å². The molecule has 2 rings (SSSR count). The van der Waals surface area contributed by atoms with Gasteiger partial charge in [-0.3, -0.25) is 0 Å². The number of rotatable bonds is 5. The molecule has 0 spiro atoms. The first-order chi connectivity index (χ1) is 9.11. The van der Waals surface area contributed by atoms with Crippen LogP contribution in [0.3, 0.4) is 0 Å². The van der Waals surface area contributed by atoms with Crippen LogP contribution in [0.4, 0.5) is 4.39 Å². The Morgan fingerprint density at radius 1 is 1.32 bits per heavy atom. The van der Waals surface area contributed by atoms with Crippen LogP contribution in [0.5, 0.6) is 0 Å². The Hall–Kier alpha value is -0.710. The first-order valence-corrected chi connectivity index (χ1v) is 8.02. The SMILES string of the molecule is CCCNC(c1csc(C)c1)c1ccc(Br)c(F)c1. The fourth-order valence-electron chi connectivity index (χ4n) is 2.02. The van der Waals surface area contributed by atoms with Crippen molar-refractivity contribution in [2.45, 2.75) is 26.3 Å². The normalized spacial score (nSPS) is 12.6. The molecule has 0 amide bonds. The van der Waals surface area contributed by atoms with Gasteiger partial charge in [-0.1, -0.05) is 13.0 Å². The Morgan fingerprint density at radius 2 is 2.11 bits per heavy atom. The van der Waals surface area contributed by atoms with Gasteiger partial charge in [0.05, 0.1) is 10.5 Å². The van der Waals surface area contributed by atoms with Crippen LogP contribution in [-0.4, -0.2) is 6.54 Å². The molecule has 1 unspecified atom stereocenters. The fraction of sp³-hybridized carbons (Fsp3) is 0.333. The molecule has 19 heavy (non-hydrogen) atoms. The second-order valence-electron chi connectivity index (χ2n) is 4.55. The number of halogens is 2. The minimum Gasteiger partial charge on any atom is -0.306 e. The van der Waals surface area contributed by atoms with Gasteiger partial charge < -0.3 is 5.32 Å². The lowest BCUT2D eigenvalue weighted by Gasteiger charge is -2.18. The summed E-state index contributed by atoms with van der Waals surface area (Å²) < 4.78 is 14.2. The number of hydrogen-bond acceptors (Lipinski definition) is 2. The van der Waals surface area contributed by atoms with Crippen molar-refractivity contribution in [3.8, 4) is 0 Å². The summed E-state index contributed by atoms with van der Waals surface area (Å²) in [7, 11) is 0. The molecule has 1 nitrogen and oxygen atoms in total. The van der Waals surface area contributed by atoms with E-state index in [1.807, 2.05) is 6.07 Å². The van der Waals surface area contributed by atoms with Crippen LogP contribution < -0.4 is 5.32 Å². The highest BCUT2D eigenvalue weighted by atomic mass is 79.9. The van der Waals surface area contributed by atoms with Gasteiger partial charge in [0.25, 0.3) is 0 Å². The molecule has 0 aliphatic rings. The maximum absolute atomic E-state index is 13.7. The average molecular weight is 342 g/mol. The summed E-state index contributed by atoms with van der Waals surface area (Å²) in [5.74, 6) is -0.215. The maximum atomic E-state index is 13.7. The maximum Gasteiger partial charge on any atom is 0.137 e. The zero-order valence-electron chi connectivity index (χ0n) is 11.0. The third-order valence-corrected chi connectivity index (χ3v) is 4.48. The van der Waals surface area contributed by atoms with Crippen molar-refractivity contribution in [1.29, 1.82) is 0 Å². The Balaban J connectivity index is 2.33. The van der Waals surface area contributed by atoms with E-state index in [1.54, 1.807) is 23.5 Å². The van der Waals surface area contributed by atoms with Gasteiger partial charge >= 0.3 is 0 Å². The molecule has 1 heterocycles. The minimum absolute atomic E-state index is 0.0625. The largest absolute Gasteiger partial charge is 0.306 e. The van der Waals surface area contributed by atoms with Crippen LogP contribution in [0.2, 0.25) is 0 Å². The zero-order chi connectivity index (χ0) is 13.8. The summed E-state index contributed by atoms with van der Waals surface area (Å²) in [6.07, 6.45) is 1.05. The van der Waals surface area contributed by atoms with Crippen molar-refractivity contribution >= 4 is 27.3 Å². The molecule has 1 aromatic heterocycles. The molecule has 2 aromatic rings. The molecule has 1 atom stereocenters. The first-order valence-electron chi connectivity index (χ1n) is 6.35. The van der Waals surface area contributed by atoms with Gasteiger partial charge in [0.2, 0.25) is 0 Å². The molecule has 0 fully saturated rings. The van der Waals surface area contributed by atoms with Crippen molar-refractivity contribution in [3.05, 3.63) is 55.9 Å². The third-order valence-electron chi connectivity index (χ3n) is 2.96. The average Bonchev–Trinajstić information content (AvgIpc) is 2.80. The quantitative estimate of drug-likeness (QED) is 0.802. The summed E-state index contributed by atoms with van der Waals surface area (Å²) >= 11 is 4.92. The van der Waals surface area contributed by atoms with Crippen molar-refractivity contribution < 1.29 is 4.39 Å². The number of aryl methyl sites for hydroxylation is 1. The van der Waals surface area contributed by atoms with Crippen LogP contribution in [0.1, 0.15) is 35.4 Å². The lowest BCUT2D eigenvalue weighted by Crippen LogP contribution is -2.22. The molecule has 0 saturated heterocycles. The Bertz CT molecular complexity index is 553. The molecule has 0 saturated carbocycles. The minimum atomic E-state index is -0.215. The lowest BCUT2D eigenvalue weighted by molar-refractivity contribution is 0.584. The molecule has 0 bridgehead atoms. The molecule has 1 N–H and O–H groups in total. The molecule has 0 aliphatic heterocycles. The number of hydrogen-bond donors (Lipinski definition) is 1. The third kappa shape index (κ3) is 3.65. The highest BCUT2D eigenvalue weighted by Gasteiger charge is 2.15. The predicted molar refractivity (Wildman–Crippen MR) is 83.3 cm³/mol. The van der Waals surface area contributed by atoms with E-state index in [-0.39, 0.29) is 11.9 Å². The molecule has 0 radical (unpaired) electrons. The van der Waals surface area contributed by atoms with E-state index in [2.05, 4.69) is 46.5 Å². The summed E-state index contributed by atoms with van der Waals surface area (Å²) in [5.41, 5.74) is 2.17. The number of nitrogens with one attached hydrogen (secondary N) is 1. The lowest BCUT2D eigenvalue weighted by atomic mass is 10.0. The van der Waals surface area contributed by atoms with E-state index < -0.39 is 0 Å². The molecule has 0 aliphatic carbocycles. The van der Waals surface area contributed by atoms with Gasteiger partial charge in [0, 0.05) is 4.88 Å². The van der Waals surface area contributed by atoms with E-state index in [1.165, 1.54) is 10.4 Å². The van der Waals surface area contributed by atoms with Crippen LogP contribution in [0.15, 0.2) is 34.1 Å². The fourth-order valence-corrected chi connectivity index (χ4v) is 3.00. The molecular weight excluding hydrogens is 325 g/mol. The summed E-state index contributed by atoms with van der Waals surface area (Å²) in [5, 5.41) is 5.63.